The number of aryl methyl sites for hydroxylation is 1. The van der Waals surface area contributed by atoms with Crippen LogP contribution in [0.5, 0.6) is 0 Å². The maximum Gasteiger partial charge on any atom is 0.293 e. The first kappa shape index (κ1) is 22.0. The van der Waals surface area contributed by atoms with Crippen molar-refractivity contribution < 1.29 is 9.53 Å². The number of nitrogens with two attached hydrogens (primary N) is 2. The van der Waals surface area contributed by atoms with E-state index in [9.17, 15) is 4.79 Å². The van der Waals surface area contributed by atoms with E-state index < -0.39 is 0 Å². The van der Waals surface area contributed by atoms with Crippen LogP contribution in [0.2, 0.25) is 10.0 Å². The Morgan fingerprint density at radius 3 is 2.64 bits per heavy atom. The van der Waals surface area contributed by atoms with Crippen molar-refractivity contribution in [2.75, 3.05) is 13.6 Å². The highest BCUT2D eigenvalue weighted by atomic mass is 35.5. The van der Waals surface area contributed by atoms with Crippen LogP contribution >= 0.6 is 23.2 Å². The van der Waals surface area contributed by atoms with Gasteiger partial charge in [-0.3, -0.25) is 9.48 Å². The highest BCUT2D eigenvalue weighted by molar-refractivity contribution is 6.34. The number of rotatable bonds is 4. The van der Waals surface area contributed by atoms with Gasteiger partial charge in [0.2, 0.25) is 0 Å². The molecule has 11 heteroatoms. The van der Waals surface area contributed by atoms with Gasteiger partial charge in [-0.05, 0) is 43.3 Å². The molecule has 1 aromatic heterocycles. The van der Waals surface area contributed by atoms with Gasteiger partial charge in [0.1, 0.15) is 12.3 Å². The highest BCUT2D eigenvalue weighted by Gasteiger charge is 2.16. The first-order valence-corrected chi connectivity index (χ1v) is 9.22. The van der Waals surface area contributed by atoms with Crippen LogP contribution in [0, 0.1) is 0 Å². The van der Waals surface area contributed by atoms with Gasteiger partial charge in [-0.15, -0.1) is 0 Å². The largest absolute Gasteiger partial charge is 0.463 e. The van der Waals surface area contributed by atoms with E-state index in [4.69, 9.17) is 34.9 Å². The van der Waals surface area contributed by atoms with E-state index in [1.807, 2.05) is 10.7 Å². The van der Waals surface area contributed by atoms with E-state index >= 15 is 0 Å². The third-order valence-corrected chi connectivity index (χ3v) is 4.39. The number of nitrogens with zero attached hydrogens (tertiary/aromatic N) is 4. The van der Waals surface area contributed by atoms with Crippen LogP contribution in [0.15, 0.2) is 29.4 Å². The van der Waals surface area contributed by atoms with Crippen LogP contribution in [-0.2, 0) is 29.2 Å². The Balaban J connectivity index is 0.000000209. The standard InChI is InChI=1S/C9H17N7.C8H6Cl2O2/c1-15-3-2-4-16-7(6-15)5-8(14-16)9(12-10)13-11;9-7-1-6(4-12-5-11)2-8(10)3-7/h5H,2-4,6,10-11H2,1H3,(H,12,13);1-3,5H,4H2. The van der Waals surface area contributed by atoms with Gasteiger partial charge in [-0.1, -0.05) is 23.2 Å². The summed E-state index contributed by atoms with van der Waals surface area (Å²) in [5.41, 5.74) is 5.07. The summed E-state index contributed by atoms with van der Waals surface area (Å²) in [6.45, 7) is 3.47. The molecule has 0 saturated heterocycles. The summed E-state index contributed by atoms with van der Waals surface area (Å²) in [6.07, 6.45) is 1.09. The monoisotopic (exact) mass is 427 g/mol. The van der Waals surface area contributed by atoms with Gasteiger partial charge in [0.25, 0.3) is 6.47 Å². The van der Waals surface area contributed by atoms with Gasteiger partial charge in [0, 0.05) is 29.7 Å². The number of carbonyl (C=O) groups is 1. The molecule has 0 saturated carbocycles. The summed E-state index contributed by atoms with van der Waals surface area (Å²) in [7, 11) is 2.10. The van der Waals surface area contributed by atoms with E-state index in [0.717, 1.165) is 37.3 Å². The van der Waals surface area contributed by atoms with E-state index in [1.54, 1.807) is 18.2 Å². The van der Waals surface area contributed by atoms with Crippen molar-refractivity contribution in [2.24, 2.45) is 16.8 Å². The van der Waals surface area contributed by atoms with Crippen LogP contribution in [0.25, 0.3) is 0 Å². The fourth-order valence-corrected chi connectivity index (χ4v) is 3.31. The zero-order valence-corrected chi connectivity index (χ0v) is 17.0. The Kier molecular flexibility index (Phi) is 8.52. The first-order valence-electron chi connectivity index (χ1n) is 8.47. The Bertz CT molecular complexity index is 806. The molecule has 0 aliphatic carbocycles. The topological polar surface area (TPSA) is 124 Å². The number of carbonyl (C=O) groups excluding carboxylic acids is 1. The van der Waals surface area contributed by atoms with Crippen molar-refractivity contribution in [3.05, 3.63) is 51.3 Å². The molecule has 2 heterocycles. The number of nitrogens with one attached hydrogen (secondary N) is 1. The molecular weight excluding hydrogens is 405 g/mol. The molecule has 3 rings (SSSR count). The van der Waals surface area contributed by atoms with E-state index in [1.165, 1.54) is 0 Å². The zero-order chi connectivity index (χ0) is 20.5. The van der Waals surface area contributed by atoms with Crippen molar-refractivity contribution in [3.8, 4) is 0 Å². The van der Waals surface area contributed by atoms with Gasteiger partial charge in [0.05, 0.1) is 5.69 Å². The average Bonchev–Trinajstić information content (AvgIpc) is 2.94. The van der Waals surface area contributed by atoms with E-state index in [-0.39, 0.29) is 6.61 Å². The maximum absolute atomic E-state index is 9.86. The third kappa shape index (κ3) is 6.38. The molecule has 9 nitrogen and oxygen atoms in total. The molecule has 152 valence electrons. The molecule has 1 aromatic carbocycles. The Hall–Kier alpha value is -2.33. The number of fused-ring (bicyclic) bond motifs is 1. The number of hydrazine groups is 1. The van der Waals surface area contributed by atoms with Gasteiger partial charge in [-0.25, -0.2) is 5.84 Å². The van der Waals surface area contributed by atoms with Crippen LogP contribution in [0.3, 0.4) is 0 Å². The van der Waals surface area contributed by atoms with Crippen molar-refractivity contribution >= 4 is 35.5 Å². The number of aromatic nitrogens is 2. The summed E-state index contributed by atoms with van der Waals surface area (Å²) in [6, 6.07) is 6.97. The summed E-state index contributed by atoms with van der Waals surface area (Å²) >= 11 is 11.4. The zero-order valence-electron chi connectivity index (χ0n) is 15.4. The molecule has 0 spiro atoms. The molecule has 5 N–H and O–H groups in total. The number of amidine groups is 1. The lowest BCUT2D eigenvalue weighted by atomic mass is 10.2. The molecule has 2 aromatic rings. The maximum atomic E-state index is 9.86. The lowest BCUT2D eigenvalue weighted by molar-refractivity contribution is -0.129. The van der Waals surface area contributed by atoms with Gasteiger partial charge in [0.15, 0.2) is 5.84 Å². The van der Waals surface area contributed by atoms with Gasteiger partial charge in [-0.2, -0.15) is 10.2 Å². The highest BCUT2D eigenvalue weighted by Crippen LogP contribution is 2.19. The van der Waals surface area contributed by atoms with Gasteiger partial charge >= 0.3 is 0 Å². The molecule has 0 unspecified atom stereocenters. The minimum absolute atomic E-state index is 0.198. The third-order valence-electron chi connectivity index (χ3n) is 3.95. The predicted octanol–water partition coefficient (Wildman–Crippen LogP) is 1.47. The van der Waals surface area contributed by atoms with E-state index in [2.05, 4.69) is 32.3 Å². The molecule has 0 bridgehead atoms. The molecular formula is C17H23Cl2N7O2. The average molecular weight is 428 g/mol. The second-order valence-corrected chi connectivity index (χ2v) is 7.02. The number of ether oxygens (including phenoxy) is 1. The molecule has 0 radical (unpaired) electrons. The summed E-state index contributed by atoms with van der Waals surface area (Å²) in [5.74, 6) is 10.9. The normalized spacial score (nSPS) is 14.4. The lowest BCUT2D eigenvalue weighted by Crippen LogP contribution is -2.32. The van der Waals surface area contributed by atoms with Gasteiger partial charge < -0.3 is 20.9 Å². The smallest absolute Gasteiger partial charge is 0.293 e. The second kappa shape index (κ2) is 10.9. The second-order valence-electron chi connectivity index (χ2n) is 6.14. The van der Waals surface area contributed by atoms with Crippen molar-refractivity contribution in [2.45, 2.75) is 26.1 Å². The molecule has 1 aliphatic rings. The Morgan fingerprint density at radius 2 is 2.04 bits per heavy atom. The van der Waals surface area contributed by atoms with Crippen LogP contribution in [0.1, 0.15) is 23.4 Å². The molecule has 0 amide bonds. The molecule has 0 fully saturated rings. The minimum Gasteiger partial charge on any atom is -0.463 e. The van der Waals surface area contributed by atoms with Crippen LogP contribution in [-0.4, -0.2) is 40.6 Å². The quantitative estimate of drug-likeness (QED) is 0.222. The number of benzene rings is 1. The molecule has 1 aliphatic heterocycles. The van der Waals surface area contributed by atoms with Crippen LogP contribution in [0.4, 0.5) is 0 Å². The lowest BCUT2D eigenvalue weighted by Gasteiger charge is -2.10. The minimum atomic E-state index is 0.198. The predicted molar refractivity (Wildman–Crippen MR) is 109 cm³/mol. The SMILES string of the molecule is CN1CCCn2nc(/C(=N/N)NN)cc2C1.O=COCc1cc(Cl)cc(Cl)c1. The Labute approximate surface area is 173 Å². The molecule has 0 atom stereocenters. The van der Waals surface area contributed by atoms with Crippen molar-refractivity contribution in [1.29, 1.82) is 0 Å². The summed E-state index contributed by atoms with van der Waals surface area (Å²) in [4.78, 5) is 12.1. The van der Waals surface area contributed by atoms with E-state index in [0.29, 0.717) is 28.0 Å². The number of halogens is 2. The Morgan fingerprint density at radius 1 is 1.32 bits per heavy atom. The molecule has 28 heavy (non-hydrogen) atoms. The summed E-state index contributed by atoms with van der Waals surface area (Å²) in [5, 5.41) is 9.05. The number of hydrogen-bond acceptors (Lipinski definition) is 7. The number of hydrazone groups is 1. The van der Waals surface area contributed by atoms with Crippen LogP contribution < -0.4 is 17.1 Å². The van der Waals surface area contributed by atoms with Crippen molar-refractivity contribution in [3.63, 3.8) is 0 Å². The summed E-state index contributed by atoms with van der Waals surface area (Å²) < 4.78 is 6.52. The fraction of sp³-hybridized carbons (Fsp3) is 0.353. The fourth-order valence-electron chi connectivity index (χ4n) is 2.74. The first-order chi connectivity index (χ1) is 13.5. The number of hydrogen-bond donors (Lipinski definition) is 3. The van der Waals surface area contributed by atoms with Crippen molar-refractivity contribution in [1.82, 2.24) is 20.1 Å².